The van der Waals surface area contributed by atoms with Crippen molar-refractivity contribution >= 4 is 23.2 Å². The van der Waals surface area contributed by atoms with E-state index in [1.165, 1.54) is 25.7 Å². The molecule has 0 unspecified atom stereocenters. The first-order valence-electron chi connectivity index (χ1n) is 7.80. The van der Waals surface area contributed by atoms with Gasteiger partial charge >= 0.3 is 0 Å². The molecule has 0 aromatic heterocycles. The zero-order chi connectivity index (χ0) is 15.1. The Morgan fingerprint density at radius 2 is 1.86 bits per heavy atom. The van der Waals surface area contributed by atoms with Crippen molar-refractivity contribution in [1.29, 1.82) is 0 Å². The van der Waals surface area contributed by atoms with E-state index in [4.69, 9.17) is 12.2 Å². The van der Waals surface area contributed by atoms with E-state index in [1.54, 1.807) is 0 Å². The Balaban J connectivity index is 1.79. The summed E-state index contributed by atoms with van der Waals surface area (Å²) in [7, 11) is 0. The normalized spacial score (nSPS) is 16.0. The highest BCUT2D eigenvalue weighted by Gasteiger charge is 2.14. The Morgan fingerprint density at radius 3 is 2.52 bits per heavy atom. The molecule has 0 spiro atoms. The number of nitrogens with one attached hydrogen (secondary N) is 2. The number of carbonyl (C=O) groups excluding carboxylic acids is 1. The third kappa shape index (κ3) is 5.46. The molecule has 1 aromatic rings. The topological polar surface area (TPSA) is 41.1 Å². The third-order valence-electron chi connectivity index (χ3n) is 4.06. The molecule has 0 heterocycles. The summed E-state index contributed by atoms with van der Waals surface area (Å²) >= 11 is 5.26. The monoisotopic (exact) mass is 304 g/mol. The number of rotatable bonds is 3. The summed E-state index contributed by atoms with van der Waals surface area (Å²) in [6, 6.07) is 8.35. The molecule has 4 heteroatoms. The van der Waals surface area contributed by atoms with Gasteiger partial charge in [-0.2, -0.15) is 0 Å². The summed E-state index contributed by atoms with van der Waals surface area (Å²) in [4.78, 5) is 12.0. The molecule has 114 valence electrons. The minimum Gasteiger partial charge on any atom is -0.360 e. The molecule has 2 N–H and O–H groups in total. The molecule has 1 aromatic carbocycles. The second-order valence-corrected chi connectivity index (χ2v) is 6.22. The van der Waals surface area contributed by atoms with Crippen LogP contribution in [0.1, 0.15) is 49.7 Å². The van der Waals surface area contributed by atoms with Crippen LogP contribution >= 0.6 is 12.2 Å². The number of thiocarbonyl (C=S) groups is 1. The van der Waals surface area contributed by atoms with Crippen LogP contribution in [0, 0.1) is 6.92 Å². The van der Waals surface area contributed by atoms with Crippen molar-refractivity contribution < 1.29 is 4.79 Å². The zero-order valence-corrected chi connectivity index (χ0v) is 13.5. The van der Waals surface area contributed by atoms with Crippen LogP contribution in [-0.2, 0) is 11.2 Å². The van der Waals surface area contributed by atoms with Crippen molar-refractivity contribution in [2.45, 2.75) is 57.9 Å². The number of aryl methyl sites for hydroxylation is 1. The Bertz CT molecular complexity index is 493. The standard InChI is InChI=1S/C17H24N2OS/c1-13-8-6-7-9-14(13)12-16(20)19-17(21)18-15-10-4-2-3-5-11-15/h6-9,15H,2-5,10-12H2,1H3,(H2,18,19,20,21). The predicted molar refractivity (Wildman–Crippen MR) is 90.2 cm³/mol. The zero-order valence-electron chi connectivity index (χ0n) is 12.7. The smallest absolute Gasteiger partial charge is 0.230 e. The minimum atomic E-state index is -0.0459. The number of carbonyl (C=O) groups is 1. The molecule has 21 heavy (non-hydrogen) atoms. The van der Waals surface area contributed by atoms with Gasteiger partial charge in [0.25, 0.3) is 0 Å². The SMILES string of the molecule is Cc1ccccc1CC(=O)NC(=S)NC1CCCCCC1. The fourth-order valence-electron chi connectivity index (χ4n) is 2.80. The first kappa shape index (κ1) is 16.0. The number of amides is 1. The summed E-state index contributed by atoms with van der Waals surface area (Å²) in [6.07, 6.45) is 7.78. The molecule has 0 bridgehead atoms. The Hall–Kier alpha value is -1.42. The highest BCUT2D eigenvalue weighted by molar-refractivity contribution is 7.80. The van der Waals surface area contributed by atoms with Crippen molar-refractivity contribution in [1.82, 2.24) is 10.6 Å². The lowest BCUT2D eigenvalue weighted by molar-refractivity contribution is -0.119. The van der Waals surface area contributed by atoms with Crippen molar-refractivity contribution in [3.63, 3.8) is 0 Å². The van der Waals surface area contributed by atoms with Crippen LogP contribution in [0.5, 0.6) is 0 Å². The van der Waals surface area contributed by atoms with E-state index in [0.717, 1.165) is 24.0 Å². The second-order valence-electron chi connectivity index (χ2n) is 5.81. The van der Waals surface area contributed by atoms with Gasteiger partial charge in [-0.05, 0) is 43.1 Å². The molecule has 0 aliphatic heterocycles. The Kier molecular flexibility index (Phi) is 6.18. The van der Waals surface area contributed by atoms with Gasteiger partial charge in [0.2, 0.25) is 5.91 Å². The molecule has 1 fully saturated rings. The van der Waals surface area contributed by atoms with Crippen LogP contribution in [0.3, 0.4) is 0 Å². The average Bonchev–Trinajstić information content (AvgIpc) is 2.69. The first-order valence-corrected chi connectivity index (χ1v) is 8.21. The van der Waals surface area contributed by atoms with E-state index in [0.29, 0.717) is 17.6 Å². The van der Waals surface area contributed by atoms with Crippen LogP contribution in [-0.4, -0.2) is 17.1 Å². The summed E-state index contributed by atoms with van der Waals surface area (Å²) in [5.74, 6) is -0.0459. The van der Waals surface area contributed by atoms with Crippen molar-refractivity contribution in [3.8, 4) is 0 Å². The summed E-state index contributed by atoms with van der Waals surface area (Å²) in [5, 5.41) is 6.57. The molecule has 0 saturated heterocycles. The molecule has 0 radical (unpaired) electrons. The van der Waals surface area contributed by atoms with Gasteiger partial charge in [0.15, 0.2) is 5.11 Å². The van der Waals surface area contributed by atoms with Crippen molar-refractivity contribution in [3.05, 3.63) is 35.4 Å². The van der Waals surface area contributed by atoms with Crippen LogP contribution in [0.4, 0.5) is 0 Å². The fourth-order valence-corrected chi connectivity index (χ4v) is 3.08. The van der Waals surface area contributed by atoms with E-state index in [1.807, 2.05) is 31.2 Å². The number of hydrogen-bond donors (Lipinski definition) is 2. The third-order valence-corrected chi connectivity index (χ3v) is 4.28. The minimum absolute atomic E-state index is 0.0459. The molecule has 1 aliphatic rings. The average molecular weight is 304 g/mol. The van der Waals surface area contributed by atoms with E-state index in [-0.39, 0.29) is 5.91 Å². The maximum absolute atomic E-state index is 12.0. The van der Waals surface area contributed by atoms with Crippen LogP contribution in [0.2, 0.25) is 0 Å². The maximum Gasteiger partial charge on any atom is 0.230 e. The van der Waals surface area contributed by atoms with Gasteiger partial charge in [-0.25, -0.2) is 0 Å². The van der Waals surface area contributed by atoms with Gasteiger partial charge in [0.05, 0.1) is 6.42 Å². The highest BCUT2D eigenvalue weighted by Crippen LogP contribution is 2.17. The van der Waals surface area contributed by atoms with Gasteiger partial charge in [-0.15, -0.1) is 0 Å². The molecule has 2 rings (SSSR count). The lowest BCUT2D eigenvalue weighted by Crippen LogP contribution is -2.44. The van der Waals surface area contributed by atoms with Crippen LogP contribution in [0.25, 0.3) is 0 Å². The molecule has 1 aliphatic carbocycles. The van der Waals surface area contributed by atoms with Crippen molar-refractivity contribution in [2.24, 2.45) is 0 Å². The second kappa shape index (κ2) is 8.13. The number of benzene rings is 1. The summed E-state index contributed by atoms with van der Waals surface area (Å²) in [6.45, 7) is 2.02. The molecular weight excluding hydrogens is 280 g/mol. The lowest BCUT2D eigenvalue weighted by atomic mass is 10.1. The summed E-state index contributed by atoms with van der Waals surface area (Å²) < 4.78 is 0. The maximum atomic E-state index is 12.0. The van der Waals surface area contributed by atoms with E-state index in [2.05, 4.69) is 10.6 Å². The Labute approximate surface area is 132 Å². The number of hydrogen-bond acceptors (Lipinski definition) is 2. The van der Waals surface area contributed by atoms with E-state index >= 15 is 0 Å². The Morgan fingerprint density at radius 1 is 1.19 bits per heavy atom. The van der Waals surface area contributed by atoms with Gasteiger partial charge in [0, 0.05) is 6.04 Å². The van der Waals surface area contributed by atoms with Gasteiger partial charge in [0.1, 0.15) is 0 Å². The van der Waals surface area contributed by atoms with Crippen LogP contribution < -0.4 is 10.6 Å². The van der Waals surface area contributed by atoms with Crippen molar-refractivity contribution in [2.75, 3.05) is 0 Å². The fraction of sp³-hybridized carbons (Fsp3) is 0.529. The summed E-state index contributed by atoms with van der Waals surface area (Å²) in [5.41, 5.74) is 2.18. The molecule has 0 atom stereocenters. The van der Waals surface area contributed by atoms with Crippen LogP contribution in [0.15, 0.2) is 24.3 Å². The van der Waals surface area contributed by atoms with E-state index < -0.39 is 0 Å². The first-order chi connectivity index (χ1) is 10.1. The van der Waals surface area contributed by atoms with Gasteiger partial charge in [-0.1, -0.05) is 49.9 Å². The molecular formula is C17H24N2OS. The molecule has 3 nitrogen and oxygen atoms in total. The van der Waals surface area contributed by atoms with Gasteiger partial charge < -0.3 is 10.6 Å². The quantitative estimate of drug-likeness (QED) is 0.665. The highest BCUT2D eigenvalue weighted by atomic mass is 32.1. The largest absolute Gasteiger partial charge is 0.360 e. The van der Waals surface area contributed by atoms with E-state index in [9.17, 15) is 4.79 Å². The molecule has 1 amide bonds. The predicted octanol–water partition coefficient (Wildman–Crippen LogP) is 3.25. The lowest BCUT2D eigenvalue weighted by Gasteiger charge is -2.18. The van der Waals surface area contributed by atoms with Gasteiger partial charge in [-0.3, -0.25) is 4.79 Å². The molecule has 1 saturated carbocycles.